The Morgan fingerprint density at radius 2 is 1.96 bits per heavy atom. The maximum absolute atomic E-state index is 12.6. The summed E-state index contributed by atoms with van der Waals surface area (Å²) in [6, 6.07) is 13.3. The van der Waals surface area contributed by atoms with Gasteiger partial charge < -0.3 is 20.6 Å². The molecule has 3 rings (SSSR count). The topological polar surface area (TPSA) is 104 Å². The summed E-state index contributed by atoms with van der Waals surface area (Å²) in [4.78, 5) is 12.6. The van der Waals surface area contributed by atoms with Crippen molar-refractivity contribution in [3.63, 3.8) is 0 Å². The average molecular weight is 399 g/mol. The molecule has 0 saturated heterocycles. The molecule has 1 aromatic heterocycles. The van der Waals surface area contributed by atoms with E-state index in [-0.39, 0.29) is 5.82 Å². The first-order valence-corrected chi connectivity index (χ1v) is 9.42. The Hall–Kier alpha value is -3.20. The van der Waals surface area contributed by atoms with Gasteiger partial charge in [0.1, 0.15) is 11.5 Å². The maximum Gasteiger partial charge on any atom is 0.315 e. The van der Waals surface area contributed by atoms with Crippen LogP contribution in [0.2, 0.25) is 0 Å². The Balaban J connectivity index is 1.79. The zero-order chi connectivity index (χ0) is 20.1. The largest absolute Gasteiger partial charge is 0.497 e. The zero-order valence-corrected chi connectivity index (χ0v) is 16.6. The third-order valence-electron chi connectivity index (χ3n) is 3.98. The number of aryl methyl sites for hydroxylation is 1. The molecule has 28 heavy (non-hydrogen) atoms. The number of hydrogen-bond donors (Lipinski definition) is 2. The molecule has 1 heterocycles. The number of hydrogen-bond acceptors (Lipinski definition) is 8. The van der Waals surface area contributed by atoms with Gasteiger partial charge in [-0.25, -0.2) is 0 Å². The number of ether oxygens (including phenoxy) is 2. The molecule has 0 saturated carbocycles. The Morgan fingerprint density at radius 3 is 2.68 bits per heavy atom. The van der Waals surface area contributed by atoms with Crippen LogP contribution in [0.3, 0.4) is 0 Å². The molecule has 0 aliphatic heterocycles. The molecule has 0 amide bonds. The predicted molar refractivity (Wildman–Crippen MR) is 110 cm³/mol. The molecule has 3 aromatic rings. The van der Waals surface area contributed by atoms with Gasteiger partial charge in [-0.2, -0.15) is 4.68 Å². The lowest BCUT2D eigenvalue weighted by atomic mass is 10.2. The van der Waals surface area contributed by atoms with E-state index in [9.17, 15) is 4.79 Å². The van der Waals surface area contributed by atoms with Crippen molar-refractivity contribution < 1.29 is 9.47 Å². The van der Waals surface area contributed by atoms with E-state index in [2.05, 4.69) is 21.6 Å². The molecule has 9 heteroatoms. The SMILES string of the molecule is COc1ccc(Nc2nnc(SCc3cccc(C)c3)n(N)c2=O)c(OC)c1. The molecule has 2 aromatic carbocycles. The van der Waals surface area contributed by atoms with Crippen LogP contribution >= 0.6 is 11.8 Å². The lowest BCUT2D eigenvalue weighted by Crippen LogP contribution is -2.32. The summed E-state index contributed by atoms with van der Waals surface area (Å²) in [5.74, 6) is 7.71. The molecule has 0 aliphatic carbocycles. The quantitative estimate of drug-likeness (QED) is 0.462. The van der Waals surface area contributed by atoms with Crippen molar-refractivity contribution >= 4 is 23.3 Å². The first-order chi connectivity index (χ1) is 13.5. The predicted octanol–water partition coefficient (Wildman–Crippen LogP) is 2.71. The number of nitrogens with zero attached hydrogens (tertiary/aromatic N) is 3. The minimum atomic E-state index is -0.486. The van der Waals surface area contributed by atoms with E-state index in [4.69, 9.17) is 15.3 Å². The molecule has 0 radical (unpaired) electrons. The van der Waals surface area contributed by atoms with Gasteiger partial charge in [-0.05, 0) is 24.6 Å². The minimum absolute atomic E-state index is 0.00544. The van der Waals surface area contributed by atoms with E-state index >= 15 is 0 Å². The molecule has 0 bridgehead atoms. The van der Waals surface area contributed by atoms with Gasteiger partial charge in [-0.3, -0.25) is 4.79 Å². The highest BCUT2D eigenvalue weighted by atomic mass is 32.2. The summed E-state index contributed by atoms with van der Waals surface area (Å²) < 4.78 is 11.5. The highest BCUT2D eigenvalue weighted by Gasteiger charge is 2.13. The average Bonchev–Trinajstić information content (AvgIpc) is 2.71. The number of nitrogens with one attached hydrogen (secondary N) is 1. The Labute approximate surface area is 166 Å². The molecule has 3 N–H and O–H groups in total. The summed E-state index contributed by atoms with van der Waals surface area (Å²) in [5, 5.41) is 11.3. The molecule has 0 aliphatic rings. The van der Waals surface area contributed by atoms with Gasteiger partial charge in [0, 0.05) is 11.8 Å². The van der Waals surface area contributed by atoms with E-state index in [1.165, 1.54) is 24.4 Å². The molecule has 0 spiro atoms. The monoisotopic (exact) mass is 399 g/mol. The van der Waals surface area contributed by atoms with Crippen molar-refractivity contribution in [2.45, 2.75) is 17.8 Å². The van der Waals surface area contributed by atoms with Crippen LogP contribution in [0.1, 0.15) is 11.1 Å². The summed E-state index contributed by atoms with van der Waals surface area (Å²) in [6.45, 7) is 2.03. The van der Waals surface area contributed by atoms with Gasteiger partial charge in [-0.1, -0.05) is 41.6 Å². The highest BCUT2D eigenvalue weighted by Crippen LogP contribution is 2.30. The minimum Gasteiger partial charge on any atom is -0.497 e. The van der Waals surface area contributed by atoms with Crippen molar-refractivity contribution in [1.82, 2.24) is 14.9 Å². The molecule has 0 atom stereocenters. The normalized spacial score (nSPS) is 10.5. The third kappa shape index (κ3) is 4.37. The van der Waals surface area contributed by atoms with Gasteiger partial charge >= 0.3 is 5.56 Å². The summed E-state index contributed by atoms with van der Waals surface area (Å²) in [5.41, 5.74) is 2.35. The fourth-order valence-electron chi connectivity index (χ4n) is 2.54. The van der Waals surface area contributed by atoms with Crippen LogP contribution in [0.25, 0.3) is 0 Å². The third-order valence-corrected chi connectivity index (χ3v) is 4.99. The van der Waals surface area contributed by atoms with Crippen LogP contribution in [0.5, 0.6) is 11.5 Å². The molecular formula is C19H21N5O3S. The smallest absolute Gasteiger partial charge is 0.315 e. The number of aromatic nitrogens is 3. The highest BCUT2D eigenvalue weighted by molar-refractivity contribution is 7.98. The molecular weight excluding hydrogens is 378 g/mol. The number of thioether (sulfide) groups is 1. The van der Waals surface area contributed by atoms with E-state index < -0.39 is 5.56 Å². The lowest BCUT2D eigenvalue weighted by Gasteiger charge is -2.12. The number of rotatable bonds is 7. The van der Waals surface area contributed by atoms with Crippen molar-refractivity contribution in [2.24, 2.45) is 0 Å². The fraction of sp³-hybridized carbons (Fsp3) is 0.211. The van der Waals surface area contributed by atoms with Crippen LogP contribution in [-0.2, 0) is 5.75 Å². The van der Waals surface area contributed by atoms with Crippen LogP contribution < -0.4 is 26.2 Å². The molecule has 146 valence electrons. The standard InChI is InChI=1S/C19H21N5O3S/c1-12-5-4-6-13(9-12)11-28-19-23-22-17(18(25)24(19)20)21-15-8-7-14(26-2)10-16(15)27-3/h4-10H,11,20H2,1-3H3,(H,21,22). The van der Waals surface area contributed by atoms with E-state index in [1.54, 1.807) is 25.3 Å². The summed E-state index contributed by atoms with van der Waals surface area (Å²) in [6.07, 6.45) is 0. The number of benzene rings is 2. The zero-order valence-electron chi connectivity index (χ0n) is 15.8. The number of anilines is 2. The summed E-state index contributed by atoms with van der Waals surface area (Å²) >= 11 is 1.35. The van der Waals surface area contributed by atoms with Gasteiger partial charge in [-0.15, -0.1) is 10.2 Å². The maximum atomic E-state index is 12.6. The van der Waals surface area contributed by atoms with Gasteiger partial charge in [0.25, 0.3) is 0 Å². The summed E-state index contributed by atoms with van der Waals surface area (Å²) in [7, 11) is 3.09. The van der Waals surface area contributed by atoms with Crippen molar-refractivity contribution in [3.8, 4) is 11.5 Å². The van der Waals surface area contributed by atoms with Crippen molar-refractivity contribution in [3.05, 3.63) is 63.9 Å². The molecule has 0 unspecified atom stereocenters. The van der Waals surface area contributed by atoms with E-state index in [1.807, 2.05) is 25.1 Å². The number of nitrogen functional groups attached to an aromatic ring is 1. The second-order valence-electron chi connectivity index (χ2n) is 5.98. The molecule has 8 nitrogen and oxygen atoms in total. The van der Waals surface area contributed by atoms with Crippen molar-refractivity contribution in [2.75, 3.05) is 25.4 Å². The van der Waals surface area contributed by atoms with Gasteiger partial charge in [0.05, 0.1) is 19.9 Å². The fourth-order valence-corrected chi connectivity index (χ4v) is 3.34. The second-order valence-corrected chi connectivity index (χ2v) is 6.92. The Morgan fingerprint density at radius 1 is 1.14 bits per heavy atom. The first kappa shape index (κ1) is 19.6. The first-order valence-electron chi connectivity index (χ1n) is 8.44. The van der Waals surface area contributed by atoms with Gasteiger partial charge in [0.15, 0.2) is 0 Å². The van der Waals surface area contributed by atoms with Crippen molar-refractivity contribution in [1.29, 1.82) is 0 Å². The Kier molecular flexibility index (Phi) is 6.05. The van der Waals surface area contributed by atoms with Gasteiger partial charge in [0.2, 0.25) is 11.0 Å². The Bertz CT molecular complexity index is 1040. The number of methoxy groups -OCH3 is 2. The van der Waals surface area contributed by atoms with Crippen LogP contribution in [0, 0.1) is 6.92 Å². The van der Waals surface area contributed by atoms with E-state index in [0.717, 1.165) is 10.2 Å². The number of nitrogens with two attached hydrogens (primary N) is 1. The van der Waals surface area contributed by atoms with Crippen LogP contribution in [0.4, 0.5) is 11.5 Å². The molecule has 0 fully saturated rings. The van der Waals surface area contributed by atoms with Crippen LogP contribution in [0.15, 0.2) is 52.4 Å². The lowest BCUT2D eigenvalue weighted by molar-refractivity contribution is 0.395. The van der Waals surface area contributed by atoms with E-state index in [0.29, 0.717) is 28.1 Å². The van der Waals surface area contributed by atoms with Crippen LogP contribution in [-0.4, -0.2) is 29.1 Å². The second kappa shape index (κ2) is 8.66.